The lowest BCUT2D eigenvalue weighted by Gasteiger charge is -2.04. The average Bonchev–Trinajstić information content (AvgIpc) is 2.88. The van der Waals surface area contributed by atoms with Crippen LogP contribution in [0.1, 0.15) is 54.6 Å². The minimum Gasteiger partial charge on any atom is -0.507 e. The van der Waals surface area contributed by atoms with Crippen LogP contribution in [0.15, 0.2) is 28.7 Å². The highest BCUT2D eigenvalue weighted by molar-refractivity contribution is 6.18. The number of fused-ring (bicyclic) bond motifs is 3. The Morgan fingerprint density at radius 1 is 1.17 bits per heavy atom. The molecule has 2 aromatic carbocycles. The van der Waals surface area contributed by atoms with E-state index in [1.807, 2.05) is 25.1 Å². The molecule has 23 heavy (non-hydrogen) atoms. The highest BCUT2D eigenvalue weighted by Crippen LogP contribution is 2.39. The van der Waals surface area contributed by atoms with E-state index in [1.54, 1.807) is 13.0 Å². The smallest absolute Gasteiger partial charge is 0.160 e. The maximum Gasteiger partial charge on any atom is 0.160 e. The van der Waals surface area contributed by atoms with Crippen molar-refractivity contribution in [3.05, 3.63) is 41.0 Å². The summed E-state index contributed by atoms with van der Waals surface area (Å²) >= 11 is 0. The summed E-state index contributed by atoms with van der Waals surface area (Å²) in [5.74, 6) is 0.171. The summed E-state index contributed by atoms with van der Waals surface area (Å²) in [7, 11) is 0. The van der Waals surface area contributed by atoms with Crippen LogP contribution in [0.4, 0.5) is 0 Å². The lowest BCUT2D eigenvalue weighted by molar-refractivity contribution is 0.101. The first-order valence-electron chi connectivity index (χ1n) is 8.21. The normalized spacial score (nSPS) is 11.4. The van der Waals surface area contributed by atoms with Gasteiger partial charge in [0.1, 0.15) is 16.9 Å². The van der Waals surface area contributed by atoms with E-state index in [9.17, 15) is 9.90 Å². The van der Waals surface area contributed by atoms with E-state index in [1.165, 1.54) is 12.8 Å². The first kappa shape index (κ1) is 15.6. The van der Waals surface area contributed by atoms with Crippen molar-refractivity contribution in [3.63, 3.8) is 0 Å². The van der Waals surface area contributed by atoms with E-state index in [0.29, 0.717) is 22.1 Å². The van der Waals surface area contributed by atoms with Crippen LogP contribution in [0, 0.1) is 6.92 Å². The van der Waals surface area contributed by atoms with Crippen molar-refractivity contribution in [1.29, 1.82) is 0 Å². The molecule has 0 aliphatic carbocycles. The van der Waals surface area contributed by atoms with Crippen molar-refractivity contribution >= 4 is 27.7 Å². The van der Waals surface area contributed by atoms with Gasteiger partial charge in [-0.25, -0.2) is 0 Å². The van der Waals surface area contributed by atoms with Crippen molar-refractivity contribution in [2.45, 2.75) is 46.5 Å². The average molecular weight is 310 g/mol. The number of hydrogen-bond acceptors (Lipinski definition) is 3. The van der Waals surface area contributed by atoms with Crippen LogP contribution in [-0.2, 0) is 6.42 Å². The van der Waals surface area contributed by atoms with E-state index in [4.69, 9.17) is 4.42 Å². The Bertz CT molecular complexity index is 887. The molecule has 3 heteroatoms. The zero-order valence-electron chi connectivity index (χ0n) is 13.9. The number of carbonyl (C=O) groups excluding carboxylic acids is 1. The highest BCUT2D eigenvalue weighted by Gasteiger charge is 2.18. The van der Waals surface area contributed by atoms with E-state index < -0.39 is 0 Å². The van der Waals surface area contributed by atoms with Gasteiger partial charge in [-0.05, 0) is 49.9 Å². The standard InChI is InChI=1S/C20H22O3/c1-4-5-6-7-14-10-16(22)19-17(11-14)23-20-12(2)8-9-15(13(3)21)18(19)20/h8-11,22H,4-7H2,1-3H3. The minimum atomic E-state index is -0.0240. The number of unbranched alkanes of at least 4 members (excludes halogenated alkanes) is 2. The summed E-state index contributed by atoms with van der Waals surface area (Å²) in [5.41, 5.74) is 3.98. The molecule has 0 amide bonds. The van der Waals surface area contributed by atoms with Crippen LogP contribution in [0.5, 0.6) is 5.75 Å². The van der Waals surface area contributed by atoms with Crippen LogP contribution < -0.4 is 0 Å². The molecular weight excluding hydrogens is 288 g/mol. The fraction of sp³-hybridized carbons (Fsp3) is 0.350. The zero-order valence-corrected chi connectivity index (χ0v) is 13.9. The van der Waals surface area contributed by atoms with Crippen LogP contribution in [0.25, 0.3) is 21.9 Å². The molecule has 0 fully saturated rings. The summed E-state index contributed by atoms with van der Waals surface area (Å²) in [6, 6.07) is 7.50. The molecular formula is C20H22O3. The van der Waals surface area contributed by atoms with Crippen molar-refractivity contribution in [2.75, 3.05) is 0 Å². The minimum absolute atomic E-state index is 0.0240. The number of carbonyl (C=O) groups is 1. The monoisotopic (exact) mass is 310 g/mol. The molecule has 3 aromatic rings. The number of phenolic OH excluding ortho intramolecular Hbond substituents is 1. The van der Waals surface area contributed by atoms with E-state index in [-0.39, 0.29) is 11.5 Å². The van der Waals surface area contributed by atoms with Gasteiger partial charge in [0.05, 0.1) is 5.39 Å². The number of Topliss-reactive ketones (excluding diaryl/α,β-unsaturated/α-hetero) is 1. The predicted octanol–water partition coefficient (Wildman–Crippen LogP) is 5.54. The second-order valence-corrected chi connectivity index (χ2v) is 6.24. The number of aryl methyl sites for hydroxylation is 2. The topological polar surface area (TPSA) is 50.4 Å². The highest BCUT2D eigenvalue weighted by atomic mass is 16.3. The largest absolute Gasteiger partial charge is 0.507 e. The molecule has 0 spiro atoms. The number of hydrogen-bond donors (Lipinski definition) is 1. The van der Waals surface area contributed by atoms with Gasteiger partial charge in [-0.3, -0.25) is 4.79 Å². The maximum absolute atomic E-state index is 11.9. The summed E-state index contributed by atoms with van der Waals surface area (Å²) in [5, 5.41) is 11.9. The third-order valence-electron chi connectivity index (χ3n) is 4.41. The molecule has 0 saturated heterocycles. The number of phenols is 1. The molecule has 0 radical (unpaired) electrons. The number of aromatic hydroxyl groups is 1. The number of benzene rings is 2. The second kappa shape index (κ2) is 6.07. The van der Waals surface area contributed by atoms with Crippen LogP contribution in [0.3, 0.4) is 0 Å². The number of ketones is 1. The molecule has 0 saturated carbocycles. The maximum atomic E-state index is 11.9. The molecule has 0 aliphatic rings. The van der Waals surface area contributed by atoms with Gasteiger partial charge in [-0.2, -0.15) is 0 Å². The van der Waals surface area contributed by atoms with Gasteiger partial charge in [0.2, 0.25) is 0 Å². The quantitative estimate of drug-likeness (QED) is 0.497. The third-order valence-corrected chi connectivity index (χ3v) is 4.41. The van der Waals surface area contributed by atoms with Gasteiger partial charge in [-0.1, -0.05) is 31.9 Å². The molecule has 3 nitrogen and oxygen atoms in total. The molecule has 0 atom stereocenters. The Morgan fingerprint density at radius 2 is 1.96 bits per heavy atom. The van der Waals surface area contributed by atoms with E-state index in [0.717, 1.165) is 29.4 Å². The Kier molecular flexibility index (Phi) is 4.12. The van der Waals surface area contributed by atoms with Gasteiger partial charge >= 0.3 is 0 Å². The van der Waals surface area contributed by atoms with Gasteiger partial charge in [0, 0.05) is 10.9 Å². The van der Waals surface area contributed by atoms with E-state index in [2.05, 4.69) is 6.92 Å². The first-order valence-corrected chi connectivity index (χ1v) is 8.21. The van der Waals surface area contributed by atoms with Crippen molar-refractivity contribution in [1.82, 2.24) is 0 Å². The van der Waals surface area contributed by atoms with Gasteiger partial charge in [-0.15, -0.1) is 0 Å². The number of furan rings is 1. The molecule has 0 aliphatic heterocycles. The molecule has 1 heterocycles. The summed E-state index contributed by atoms with van der Waals surface area (Å²) in [4.78, 5) is 11.9. The lowest BCUT2D eigenvalue weighted by atomic mass is 9.99. The Hall–Kier alpha value is -2.29. The Balaban J connectivity index is 2.23. The zero-order chi connectivity index (χ0) is 16.6. The molecule has 1 N–H and O–H groups in total. The Morgan fingerprint density at radius 3 is 2.65 bits per heavy atom. The molecule has 1 aromatic heterocycles. The summed E-state index contributed by atoms with van der Waals surface area (Å²) in [6.07, 6.45) is 4.36. The van der Waals surface area contributed by atoms with Crippen molar-refractivity contribution in [3.8, 4) is 5.75 Å². The SMILES string of the molecule is CCCCCc1cc(O)c2c(c1)oc1c(C)ccc(C(C)=O)c12. The van der Waals surface area contributed by atoms with Gasteiger partial charge in [0.25, 0.3) is 0 Å². The molecule has 120 valence electrons. The number of rotatable bonds is 5. The fourth-order valence-corrected chi connectivity index (χ4v) is 3.18. The third kappa shape index (κ3) is 2.72. The van der Waals surface area contributed by atoms with E-state index >= 15 is 0 Å². The van der Waals surface area contributed by atoms with Crippen LogP contribution >= 0.6 is 0 Å². The Labute approximate surface area is 135 Å². The van der Waals surface area contributed by atoms with Crippen LogP contribution in [0.2, 0.25) is 0 Å². The molecule has 3 rings (SSSR count). The predicted molar refractivity (Wildman–Crippen MR) is 93.4 cm³/mol. The second-order valence-electron chi connectivity index (χ2n) is 6.24. The van der Waals surface area contributed by atoms with Crippen LogP contribution in [-0.4, -0.2) is 10.9 Å². The lowest BCUT2D eigenvalue weighted by Crippen LogP contribution is -1.93. The van der Waals surface area contributed by atoms with Gasteiger partial charge < -0.3 is 9.52 Å². The first-order chi connectivity index (χ1) is 11.0. The van der Waals surface area contributed by atoms with Crippen molar-refractivity contribution in [2.24, 2.45) is 0 Å². The van der Waals surface area contributed by atoms with Gasteiger partial charge in [0.15, 0.2) is 5.78 Å². The summed E-state index contributed by atoms with van der Waals surface area (Å²) < 4.78 is 5.99. The molecule has 0 unspecified atom stereocenters. The fourth-order valence-electron chi connectivity index (χ4n) is 3.18. The van der Waals surface area contributed by atoms with Crippen molar-refractivity contribution < 1.29 is 14.3 Å². The summed E-state index contributed by atoms with van der Waals surface area (Å²) in [6.45, 7) is 5.67. The molecule has 0 bridgehead atoms.